The lowest BCUT2D eigenvalue weighted by atomic mass is 9.64. The number of rotatable bonds is 0. The van der Waals surface area contributed by atoms with Crippen LogP contribution < -0.4 is 4.90 Å². The molecule has 0 aromatic carbocycles. The Hall–Kier alpha value is -1.16. The van der Waals surface area contributed by atoms with Crippen LogP contribution in [-0.2, 0) is 10.2 Å². The minimum absolute atomic E-state index is 0.148. The van der Waals surface area contributed by atoms with Crippen LogP contribution >= 0.6 is 11.6 Å². The second-order valence-electron chi connectivity index (χ2n) is 6.48. The number of hydrogen-bond donors (Lipinski definition) is 0. The second-order valence-corrected chi connectivity index (χ2v) is 6.82. The monoisotopic (exact) mass is 279 g/mol. The van der Waals surface area contributed by atoms with Crippen molar-refractivity contribution in [2.24, 2.45) is 5.41 Å². The Balaban J connectivity index is 2.08. The van der Waals surface area contributed by atoms with Gasteiger partial charge in [0.05, 0.1) is 23.0 Å². The zero-order valence-corrected chi connectivity index (χ0v) is 12.3. The van der Waals surface area contributed by atoms with Crippen LogP contribution in [0.1, 0.15) is 45.2 Å². The van der Waals surface area contributed by atoms with Crippen LogP contribution in [0.5, 0.6) is 0 Å². The highest BCUT2D eigenvalue weighted by Gasteiger charge is 2.53. The molecule has 1 aliphatic heterocycles. The van der Waals surface area contributed by atoms with Crippen LogP contribution in [0.2, 0.25) is 5.28 Å². The molecule has 5 heteroatoms. The Morgan fingerprint density at radius 1 is 1.26 bits per heavy atom. The van der Waals surface area contributed by atoms with E-state index in [1.54, 1.807) is 18.1 Å². The summed E-state index contributed by atoms with van der Waals surface area (Å²) in [6, 6.07) is 0. The maximum absolute atomic E-state index is 12.7. The fraction of sp³-hybridized carbons (Fsp3) is 0.643. The first kappa shape index (κ1) is 12.9. The molecule has 1 saturated carbocycles. The smallest absolute Gasteiger partial charge is 0.239 e. The Morgan fingerprint density at radius 3 is 2.53 bits per heavy atom. The Morgan fingerprint density at radius 2 is 1.89 bits per heavy atom. The molecule has 0 unspecified atom stereocenters. The average Bonchev–Trinajstić information content (AvgIpc) is 2.56. The number of anilines is 1. The van der Waals surface area contributed by atoms with E-state index in [0.717, 1.165) is 37.1 Å². The van der Waals surface area contributed by atoms with Gasteiger partial charge in [-0.1, -0.05) is 13.8 Å². The molecule has 19 heavy (non-hydrogen) atoms. The van der Waals surface area contributed by atoms with Crippen LogP contribution in [-0.4, -0.2) is 22.9 Å². The van der Waals surface area contributed by atoms with Crippen LogP contribution in [0.3, 0.4) is 0 Å². The third-order valence-electron chi connectivity index (χ3n) is 4.73. The van der Waals surface area contributed by atoms with Gasteiger partial charge < -0.3 is 4.90 Å². The van der Waals surface area contributed by atoms with Crippen molar-refractivity contribution in [2.45, 2.75) is 44.9 Å². The van der Waals surface area contributed by atoms with Crippen molar-refractivity contribution < 1.29 is 4.79 Å². The van der Waals surface area contributed by atoms with Gasteiger partial charge in [-0.15, -0.1) is 0 Å². The summed E-state index contributed by atoms with van der Waals surface area (Å²) in [7, 11) is 1.80. The van der Waals surface area contributed by atoms with Crippen LogP contribution in [0.25, 0.3) is 0 Å². The standard InChI is InChI=1S/C14H18ClN3O/c1-13(2)4-6-14(7-5-13)10-9(18(3)11(14)19)8-16-12(15)17-10/h8H,4-7H2,1-3H3. The predicted octanol–water partition coefficient (Wildman–Crippen LogP) is 2.94. The molecule has 4 nitrogen and oxygen atoms in total. The van der Waals surface area contributed by atoms with Gasteiger partial charge in [-0.2, -0.15) is 0 Å². The molecule has 0 N–H and O–H groups in total. The molecular formula is C14H18ClN3O. The highest BCUT2D eigenvalue weighted by atomic mass is 35.5. The zero-order valence-electron chi connectivity index (χ0n) is 11.5. The molecule has 2 aliphatic rings. The number of likely N-dealkylation sites (N-methyl/N-ethyl adjacent to an activating group) is 1. The largest absolute Gasteiger partial charge is 0.312 e. The first-order valence-electron chi connectivity index (χ1n) is 6.67. The van der Waals surface area contributed by atoms with E-state index in [1.165, 1.54) is 0 Å². The van der Waals surface area contributed by atoms with Gasteiger partial charge in [-0.05, 0) is 42.7 Å². The third kappa shape index (κ3) is 1.76. The highest BCUT2D eigenvalue weighted by Crippen LogP contribution is 2.52. The van der Waals surface area contributed by atoms with Crippen molar-refractivity contribution in [3.8, 4) is 0 Å². The molecule has 0 bridgehead atoms. The third-order valence-corrected chi connectivity index (χ3v) is 4.91. The van der Waals surface area contributed by atoms with E-state index in [2.05, 4.69) is 23.8 Å². The molecule has 102 valence electrons. The molecule has 0 radical (unpaired) electrons. The lowest BCUT2D eigenvalue weighted by molar-refractivity contribution is -0.124. The second kappa shape index (κ2) is 3.92. The van der Waals surface area contributed by atoms with Crippen molar-refractivity contribution in [3.05, 3.63) is 17.2 Å². The van der Waals surface area contributed by atoms with Gasteiger partial charge in [-0.25, -0.2) is 9.97 Å². The fourth-order valence-electron chi connectivity index (χ4n) is 3.29. The summed E-state index contributed by atoms with van der Waals surface area (Å²) in [4.78, 5) is 22.7. The molecule has 2 heterocycles. The Kier molecular flexibility index (Phi) is 2.65. The number of fused-ring (bicyclic) bond motifs is 2. The molecule has 1 spiro atoms. The van der Waals surface area contributed by atoms with Crippen molar-refractivity contribution in [1.29, 1.82) is 0 Å². The summed E-state index contributed by atoms with van der Waals surface area (Å²) in [6.45, 7) is 4.52. The number of aromatic nitrogens is 2. The predicted molar refractivity (Wildman–Crippen MR) is 74.4 cm³/mol. The summed E-state index contributed by atoms with van der Waals surface area (Å²) >= 11 is 5.93. The molecule has 3 rings (SSSR count). The van der Waals surface area contributed by atoms with Crippen molar-refractivity contribution in [3.63, 3.8) is 0 Å². The van der Waals surface area contributed by atoms with E-state index in [-0.39, 0.29) is 11.2 Å². The number of nitrogens with zero attached hydrogens (tertiary/aromatic N) is 3. The number of halogens is 1. The first-order valence-corrected chi connectivity index (χ1v) is 7.05. The normalized spacial score (nSPS) is 23.8. The lowest BCUT2D eigenvalue weighted by Crippen LogP contribution is -2.43. The number of carbonyl (C=O) groups excluding carboxylic acids is 1. The lowest BCUT2D eigenvalue weighted by Gasteiger charge is -2.39. The summed E-state index contributed by atoms with van der Waals surface area (Å²) in [6.07, 6.45) is 5.44. The van der Waals surface area contributed by atoms with Gasteiger partial charge in [0.1, 0.15) is 0 Å². The molecule has 1 aromatic heterocycles. The molecule has 1 amide bonds. The molecule has 1 aliphatic carbocycles. The molecular weight excluding hydrogens is 262 g/mol. The van der Waals surface area contributed by atoms with Gasteiger partial charge in [-0.3, -0.25) is 4.79 Å². The van der Waals surface area contributed by atoms with Crippen LogP contribution in [0, 0.1) is 5.41 Å². The number of carbonyl (C=O) groups is 1. The topological polar surface area (TPSA) is 46.1 Å². The molecule has 1 fully saturated rings. The molecule has 0 atom stereocenters. The van der Waals surface area contributed by atoms with E-state index in [1.807, 2.05) is 0 Å². The number of amides is 1. The zero-order chi connectivity index (χ0) is 13.8. The van der Waals surface area contributed by atoms with E-state index in [9.17, 15) is 4.79 Å². The maximum atomic E-state index is 12.7. The minimum Gasteiger partial charge on any atom is -0.312 e. The van der Waals surface area contributed by atoms with E-state index >= 15 is 0 Å². The summed E-state index contributed by atoms with van der Waals surface area (Å²) in [5.41, 5.74) is 1.49. The summed E-state index contributed by atoms with van der Waals surface area (Å²) < 4.78 is 0. The maximum Gasteiger partial charge on any atom is 0.239 e. The fourth-order valence-corrected chi connectivity index (χ4v) is 3.42. The quantitative estimate of drug-likeness (QED) is 0.686. The Bertz CT molecular complexity index is 546. The van der Waals surface area contributed by atoms with Crippen LogP contribution in [0.15, 0.2) is 6.20 Å². The summed E-state index contributed by atoms with van der Waals surface area (Å²) in [5, 5.41) is 0.228. The van der Waals surface area contributed by atoms with Gasteiger partial charge in [0.15, 0.2) is 0 Å². The van der Waals surface area contributed by atoms with Crippen LogP contribution in [0.4, 0.5) is 5.69 Å². The Labute approximate surface area is 118 Å². The minimum atomic E-state index is -0.466. The van der Waals surface area contributed by atoms with Crippen molar-refractivity contribution >= 4 is 23.2 Å². The number of hydrogen-bond acceptors (Lipinski definition) is 3. The first-order chi connectivity index (χ1) is 8.86. The van der Waals surface area contributed by atoms with Crippen molar-refractivity contribution in [2.75, 3.05) is 11.9 Å². The van der Waals surface area contributed by atoms with E-state index < -0.39 is 5.41 Å². The van der Waals surface area contributed by atoms with E-state index in [0.29, 0.717) is 5.41 Å². The van der Waals surface area contributed by atoms with E-state index in [4.69, 9.17) is 11.6 Å². The summed E-state index contributed by atoms with van der Waals surface area (Å²) in [5.74, 6) is 0.148. The molecule has 1 aromatic rings. The molecule has 0 saturated heterocycles. The average molecular weight is 280 g/mol. The van der Waals surface area contributed by atoms with Gasteiger partial charge >= 0.3 is 0 Å². The van der Waals surface area contributed by atoms with Gasteiger partial charge in [0, 0.05) is 7.05 Å². The van der Waals surface area contributed by atoms with Gasteiger partial charge in [0.2, 0.25) is 11.2 Å². The highest BCUT2D eigenvalue weighted by molar-refractivity contribution is 6.28. The SMILES string of the molecule is CN1C(=O)C2(CCC(C)(C)CC2)c2nc(Cl)ncc21. The van der Waals surface area contributed by atoms with Crippen molar-refractivity contribution in [1.82, 2.24) is 9.97 Å². The van der Waals surface area contributed by atoms with Gasteiger partial charge in [0.25, 0.3) is 0 Å².